The molecule has 0 aromatic heterocycles. The minimum absolute atomic E-state index is 0.0503. The van der Waals surface area contributed by atoms with Crippen LogP contribution in [0, 0.1) is 0 Å². The van der Waals surface area contributed by atoms with Crippen molar-refractivity contribution in [2.45, 2.75) is 50.3 Å². The van der Waals surface area contributed by atoms with E-state index in [1.807, 2.05) is 18.4 Å². The van der Waals surface area contributed by atoms with Crippen LogP contribution < -0.4 is 0 Å². The number of ether oxygens (including phenoxy) is 1. The van der Waals surface area contributed by atoms with Crippen molar-refractivity contribution in [3.8, 4) is 5.75 Å². The van der Waals surface area contributed by atoms with Crippen molar-refractivity contribution in [2.75, 3.05) is 6.26 Å². The fraction of sp³-hybridized carbons (Fsp3) is 0.429. The number of aromatic hydroxyl groups is 1. The number of phenolic OH excluding ortho intramolecular Hbond substituents is 1. The molecule has 0 bridgehead atoms. The highest BCUT2D eigenvalue weighted by Gasteiger charge is 2.29. The van der Waals surface area contributed by atoms with Crippen molar-refractivity contribution in [3.05, 3.63) is 64.7 Å². The maximum absolute atomic E-state index is 10.2. The first kappa shape index (κ1) is 18.3. The van der Waals surface area contributed by atoms with E-state index < -0.39 is 0 Å². The van der Waals surface area contributed by atoms with Gasteiger partial charge in [-0.1, -0.05) is 37.3 Å². The van der Waals surface area contributed by atoms with Crippen LogP contribution >= 0.6 is 11.8 Å². The summed E-state index contributed by atoms with van der Waals surface area (Å²) in [4.78, 5) is 0. The van der Waals surface area contributed by atoms with Gasteiger partial charge in [0.25, 0.3) is 0 Å². The first-order valence-electron chi connectivity index (χ1n) is 8.85. The summed E-state index contributed by atoms with van der Waals surface area (Å²) in [6.45, 7) is 2.17. The molecule has 3 atom stereocenters. The van der Waals surface area contributed by atoms with E-state index in [1.54, 1.807) is 23.9 Å². The molecule has 2 N–H and O–H groups in total. The molecule has 0 aliphatic carbocycles. The van der Waals surface area contributed by atoms with Crippen LogP contribution in [-0.4, -0.2) is 28.0 Å². The minimum Gasteiger partial charge on any atom is -0.508 e. The van der Waals surface area contributed by atoms with Gasteiger partial charge in [-0.05, 0) is 53.5 Å². The third-order valence-corrected chi connectivity index (χ3v) is 5.67. The molecule has 3 nitrogen and oxygen atoms in total. The molecule has 2 aromatic carbocycles. The van der Waals surface area contributed by atoms with Gasteiger partial charge >= 0.3 is 0 Å². The van der Waals surface area contributed by atoms with Gasteiger partial charge in [-0.25, -0.2) is 0 Å². The molecule has 25 heavy (non-hydrogen) atoms. The Bertz CT molecular complexity index is 699. The predicted molar refractivity (Wildman–Crippen MR) is 103 cm³/mol. The standard InChI is InChI=1S/C21H26O3S/c1-3-15-6-7-16(20-12-19(23)13-21(24-20)25-2)11-17(15)10-14-4-8-18(22)9-5-14/h4-9,11,19-23H,3,10,12-13H2,1-2H3/t19-,20-,21-/m1/s1. The van der Waals surface area contributed by atoms with E-state index in [0.29, 0.717) is 18.6 Å². The first-order valence-corrected chi connectivity index (χ1v) is 10.1. The van der Waals surface area contributed by atoms with Crippen LogP contribution in [0.2, 0.25) is 0 Å². The van der Waals surface area contributed by atoms with Crippen LogP contribution in [-0.2, 0) is 17.6 Å². The molecule has 0 spiro atoms. The van der Waals surface area contributed by atoms with E-state index in [9.17, 15) is 10.2 Å². The number of benzene rings is 2. The van der Waals surface area contributed by atoms with E-state index in [4.69, 9.17) is 4.74 Å². The van der Waals surface area contributed by atoms with Crippen molar-refractivity contribution in [1.29, 1.82) is 0 Å². The smallest absolute Gasteiger partial charge is 0.115 e. The Kier molecular flexibility index (Phi) is 6.05. The Morgan fingerprint density at radius 2 is 1.84 bits per heavy atom. The SMILES string of the molecule is CCc1ccc([C@H]2C[C@@H](O)C[C@@H](SC)O2)cc1Cc1ccc(O)cc1. The molecule has 1 aliphatic heterocycles. The molecular formula is C21H26O3S. The molecule has 4 heteroatoms. The average Bonchev–Trinajstić information content (AvgIpc) is 2.63. The first-order chi connectivity index (χ1) is 12.1. The lowest BCUT2D eigenvalue weighted by Gasteiger charge is -2.33. The summed E-state index contributed by atoms with van der Waals surface area (Å²) in [5.41, 5.74) is 4.99. The number of aliphatic hydroxyl groups excluding tert-OH is 1. The van der Waals surface area contributed by atoms with Gasteiger partial charge in [0.15, 0.2) is 0 Å². The van der Waals surface area contributed by atoms with Gasteiger partial charge in [-0.3, -0.25) is 0 Å². The molecule has 1 heterocycles. The second kappa shape index (κ2) is 8.26. The number of aryl methyl sites for hydroxylation is 1. The van der Waals surface area contributed by atoms with Crippen molar-refractivity contribution in [1.82, 2.24) is 0 Å². The molecule has 1 fully saturated rings. The van der Waals surface area contributed by atoms with E-state index >= 15 is 0 Å². The molecule has 0 saturated carbocycles. The second-order valence-corrected chi connectivity index (χ2v) is 7.64. The number of phenols is 1. The highest BCUT2D eigenvalue weighted by molar-refractivity contribution is 7.99. The minimum atomic E-state index is -0.303. The highest BCUT2D eigenvalue weighted by Crippen LogP contribution is 2.36. The van der Waals surface area contributed by atoms with Gasteiger partial charge in [0.05, 0.1) is 12.2 Å². The van der Waals surface area contributed by atoms with Gasteiger partial charge in [0.1, 0.15) is 11.2 Å². The van der Waals surface area contributed by atoms with Crippen LogP contribution in [0.3, 0.4) is 0 Å². The fourth-order valence-corrected chi connectivity index (χ4v) is 4.08. The van der Waals surface area contributed by atoms with E-state index in [1.165, 1.54) is 16.7 Å². The van der Waals surface area contributed by atoms with Gasteiger partial charge < -0.3 is 14.9 Å². The molecule has 3 rings (SSSR count). The molecule has 0 amide bonds. The Morgan fingerprint density at radius 1 is 1.08 bits per heavy atom. The van der Waals surface area contributed by atoms with Crippen molar-refractivity contribution in [3.63, 3.8) is 0 Å². The average molecular weight is 359 g/mol. The van der Waals surface area contributed by atoms with Crippen LogP contribution in [0.4, 0.5) is 0 Å². The van der Waals surface area contributed by atoms with Crippen LogP contribution in [0.1, 0.15) is 48.1 Å². The van der Waals surface area contributed by atoms with E-state index in [0.717, 1.165) is 18.4 Å². The van der Waals surface area contributed by atoms with Crippen LogP contribution in [0.15, 0.2) is 42.5 Å². The van der Waals surface area contributed by atoms with Crippen molar-refractivity contribution in [2.24, 2.45) is 0 Å². The number of thioether (sulfide) groups is 1. The molecule has 1 saturated heterocycles. The largest absolute Gasteiger partial charge is 0.508 e. The summed E-state index contributed by atoms with van der Waals surface area (Å²) in [5, 5.41) is 19.6. The van der Waals surface area contributed by atoms with Gasteiger partial charge in [0.2, 0.25) is 0 Å². The molecule has 134 valence electrons. The van der Waals surface area contributed by atoms with E-state index in [-0.39, 0.29) is 17.6 Å². The topological polar surface area (TPSA) is 49.7 Å². The molecule has 0 radical (unpaired) electrons. The van der Waals surface area contributed by atoms with Gasteiger partial charge in [0, 0.05) is 12.8 Å². The van der Waals surface area contributed by atoms with Crippen molar-refractivity contribution >= 4 is 11.8 Å². The normalized spacial score (nSPS) is 23.6. The fourth-order valence-electron chi connectivity index (χ4n) is 3.42. The highest BCUT2D eigenvalue weighted by atomic mass is 32.2. The zero-order valence-electron chi connectivity index (χ0n) is 14.8. The number of aliphatic hydroxyl groups is 1. The van der Waals surface area contributed by atoms with Crippen LogP contribution in [0.25, 0.3) is 0 Å². The summed E-state index contributed by atoms with van der Waals surface area (Å²) < 4.78 is 6.16. The Hall–Kier alpha value is -1.49. The molecular weight excluding hydrogens is 332 g/mol. The molecule has 1 aliphatic rings. The molecule has 0 unspecified atom stereocenters. The summed E-state index contributed by atoms with van der Waals surface area (Å²) in [6.07, 6.45) is 4.84. The van der Waals surface area contributed by atoms with Gasteiger partial charge in [-0.2, -0.15) is 0 Å². The van der Waals surface area contributed by atoms with Crippen molar-refractivity contribution < 1.29 is 14.9 Å². The summed E-state index contributed by atoms with van der Waals surface area (Å²) in [7, 11) is 0. The maximum atomic E-state index is 10.2. The predicted octanol–water partition coefficient (Wildman–Crippen LogP) is 4.45. The van der Waals surface area contributed by atoms with Gasteiger partial charge in [-0.15, -0.1) is 11.8 Å². The quantitative estimate of drug-likeness (QED) is 0.829. The third kappa shape index (κ3) is 4.57. The Labute approximate surface area is 154 Å². The maximum Gasteiger partial charge on any atom is 0.115 e. The lowest BCUT2D eigenvalue weighted by molar-refractivity contribution is -0.0605. The number of rotatable bonds is 5. The second-order valence-electron chi connectivity index (χ2n) is 6.64. The zero-order chi connectivity index (χ0) is 17.8. The Balaban J connectivity index is 1.85. The zero-order valence-corrected chi connectivity index (χ0v) is 15.6. The monoisotopic (exact) mass is 358 g/mol. The lowest BCUT2D eigenvalue weighted by Crippen LogP contribution is -2.29. The summed E-state index contributed by atoms with van der Waals surface area (Å²) in [6, 6.07) is 13.9. The van der Waals surface area contributed by atoms with E-state index in [2.05, 4.69) is 25.1 Å². The molecule has 2 aromatic rings. The van der Waals surface area contributed by atoms with Crippen LogP contribution in [0.5, 0.6) is 5.75 Å². The Morgan fingerprint density at radius 3 is 2.52 bits per heavy atom. The third-order valence-electron chi connectivity index (χ3n) is 4.84. The lowest BCUT2D eigenvalue weighted by atomic mass is 9.92. The number of hydrogen-bond acceptors (Lipinski definition) is 4. The summed E-state index contributed by atoms with van der Waals surface area (Å²) >= 11 is 1.66. The summed E-state index contributed by atoms with van der Waals surface area (Å²) in [5.74, 6) is 0.293. The number of hydrogen-bond donors (Lipinski definition) is 2.